The van der Waals surface area contributed by atoms with Crippen molar-refractivity contribution in [3.8, 4) is 0 Å². The minimum Gasteiger partial charge on any atom is -0.318 e. The van der Waals surface area contributed by atoms with Gasteiger partial charge in [0.2, 0.25) is 0 Å². The fourth-order valence-electron chi connectivity index (χ4n) is 0.531. The van der Waals surface area contributed by atoms with E-state index >= 15 is 0 Å². The Morgan fingerprint density at radius 2 is 1.80 bits per heavy atom. The topological polar surface area (TPSA) is 3.24 Å². The van der Waals surface area contributed by atoms with Gasteiger partial charge < -0.3 is 3.11 Å². The van der Waals surface area contributed by atoms with Crippen molar-refractivity contribution < 1.29 is 0 Å². The van der Waals surface area contributed by atoms with Crippen LogP contribution in [0.15, 0.2) is 24.4 Å². The largest absolute Gasteiger partial charge is 0.318 e. The molecule has 0 amide bonds. The first kappa shape index (κ1) is 10.0. The fourth-order valence-corrected chi connectivity index (χ4v) is 0.841. The minimum absolute atomic E-state index is 0.490. The summed E-state index contributed by atoms with van der Waals surface area (Å²) in [5.41, 5.74) is 2.12. The Morgan fingerprint density at radius 1 is 1.40 bits per heavy atom. The van der Waals surface area contributed by atoms with E-state index in [2.05, 4.69) is 49.9 Å². The van der Waals surface area contributed by atoms with Crippen LogP contribution in [-0.4, -0.2) is 10.2 Å². The lowest BCUT2D eigenvalue weighted by atomic mass is 10.0. The van der Waals surface area contributed by atoms with Crippen LogP contribution in [0, 0.1) is 5.92 Å². The maximum Gasteiger partial charge on any atom is 0.0588 e. The molecular weight excluding hydrogens is 237 g/mol. The third-order valence-electron chi connectivity index (χ3n) is 1.44. The summed E-state index contributed by atoms with van der Waals surface area (Å²) in [7, 11) is 1.97. The molecule has 58 valence electrons. The highest BCUT2D eigenvalue weighted by Crippen LogP contribution is 2.20. The van der Waals surface area contributed by atoms with E-state index in [1.165, 1.54) is 0 Å². The summed E-state index contributed by atoms with van der Waals surface area (Å²) in [4.78, 5) is 0. The summed E-state index contributed by atoms with van der Waals surface area (Å²) in [6.45, 7) is 12.1. The van der Waals surface area contributed by atoms with Gasteiger partial charge in [-0.25, -0.2) is 0 Å². The van der Waals surface area contributed by atoms with Gasteiger partial charge in [-0.05, 0) is 11.5 Å². The maximum atomic E-state index is 3.93. The zero-order chi connectivity index (χ0) is 8.31. The molecule has 0 aliphatic rings. The van der Waals surface area contributed by atoms with E-state index in [4.69, 9.17) is 0 Å². The highest BCUT2D eigenvalue weighted by atomic mass is 127. The second-order valence-corrected chi connectivity index (χ2v) is 4.05. The molecule has 0 saturated carbocycles. The summed E-state index contributed by atoms with van der Waals surface area (Å²) in [6.07, 6.45) is 0. The van der Waals surface area contributed by atoms with Crippen LogP contribution in [0.3, 0.4) is 0 Å². The highest BCUT2D eigenvalue weighted by molar-refractivity contribution is 14.1. The molecule has 0 aromatic carbocycles. The molecule has 0 aliphatic heterocycles. The molecule has 1 nitrogen and oxygen atoms in total. The van der Waals surface area contributed by atoms with Crippen molar-refractivity contribution in [1.82, 2.24) is 3.11 Å². The predicted molar refractivity (Wildman–Crippen MR) is 54.9 cm³/mol. The lowest BCUT2D eigenvalue weighted by Gasteiger charge is -2.17. The van der Waals surface area contributed by atoms with Crippen LogP contribution in [0.25, 0.3) is 0 Å². The van der Waals surface area contributed by atoms with Crippen LogP contribution in [0.4, 0.5) is 0 Å². The highest BCUT2D eigenvalue weighted by Gasteiger charge is 2.06. The van der Waals surface area contributed by atoms with Crippen LogP contribution in [0.1, 0.15) is 13.8 Å². The quantitative estimate of drug-likeness (QED) is 0.423. The second-order valence-electron chi connectivity index (χ2n) is 2.60. The number of halogens is 1. The molecule has 0 spiro atoms. The first-order valence-electron chi connectivity index (χ1n) is 3.24. The Morgan fingerprint density at radius 3 is 1.90 bits per heavy atom. The Kier molecular flexibility index (Phi) is 4.01. The molecule has 0 rings (SSSR count). The van der Waals surface area contributed by atoms with Crippen molar-refractivity contribution in [2.75, 3.05) is 7.05 Å². The summed E-state index contributed by atoms with van der Waals surface area (Å²) in [5, 5.41) is 0. The summed E-state index contributed by atoms with van der Waals surface area (Å²) >= 11 is 2.19. The fraction of sp³-hybridized carbons (Fsp3) is 0.500. The number of hydrogen-bond donors (Lipinski definition) is 0. The van der Waals surface area contributed by atoms with Crippen LogP contribution < -0.4 is 0 Å². The van der Waals surface area contributed by atoms with E-state index in [0.717, 1.165) is 11.3 Å². The van der Waals surface area contributed by atoms with Crippen molar-refractivity contribution in [3.63, 3.8) is 0 Å². The van der Waals surface area contributed by atoms with E-state index in [1.807, 2.05) is 10.2 Å². The summed E-state index contributed by atoms with van der Waals surface area (Å²) in [6, 6.07) is 0. The van der Waals surface area contributed by atoms with E-state index in [0.29, 0.717) is 5.92 Å². The van der Waals surface area contributed by atoms with Gasteiger partial charge in [0.15, 0.2) is 0 Å². The third-order valence-corrected chi connectivity index (χ3v) is 2.02. The molecule has 0 heterocycles. The molecule has 0 radical (unpaired) electrons. The number of allylic oxidation sites excluding steroid dienone is 1. The molecule has 0 saturated heterocycles. The number of rotatable bonds is 3. The molecule has 0 unspecified atom stereocenters. The second kappa shape index (κ2) is 4.01. The molecule has 0 atom stereocenters. The first-order chi connectivity index (χ1) is 4.46. The van der Waals surface area contributed by atoms with Gasteiger partial charge in [-0.3, -0.25) is 0 Å². The molecule has 0 aliphatic carbocycles. The molecule has 0 bridgehead atoms. The van der Waals surface area contributed by atoms with Crippen molar-refractivity contribution in [3.05, 3.63) is 24.4 Å². The van der Waals surface area contributed by atoms with Gasteiger partial charge in [-0.15, -0.1) is 0 Å². The molecule has 0 fully saturated rings. The van der Waals surface area contributed by atoms with E-state index in [1.54, 1.807) is 0 Å². The van der Waals surface area contributed by atoms with Crippen molar-refractivity contribution in [2.45, 2.75) is 13.8 Å². The predicted octanol–water partition coefficient (Wildman–Crippen LogP) is 2.99. The normalized spacial score (nSPS) is 9.70. The Hall–Kier alpha value is 0.0100. The van der Waals surface area contributed by atoms with E-state index in [9.17, 15) is 0 Å². The van der Waals surface area contributed by atoms with Gasteiger partial charge in [-0.1, -0.05) is 27.0 Å². The average molecular weight is 251 g/mol. The van der Waals surface area contributed by atoms with Gasteiger partial charge in [-0.2, -0.15) is 0 Å². The molecule has 10 heavy (non-hydrogen) atoms. The Labute approximate surface area is 77.3 Å². The molecule has 0 aromatic heterocycles. The van der Waals surface area contributed by atoms with E-state index in [-0.39, 0.29) is 0 Å². The van der Waals surface area contributed by atoms with Gasteiger partial charge >= 0.3 is 0 Å². The standard InChI is InChI=1S/C8H14IN/c1-6(2)7(3)8(4)10(5)9/h6H,3-4H2,1-2,5H3. The average Bonchev–Trinajstić information content (AvgIpc) is 1.84. The van der Waals surface area contributed by atoms with Crippen LogP contribution >= 0.6 is 22.9 Å². The molecule has 2 heteroatoms. The summed E-state index contributed by atoms with van der Waals surface area (Å²) < 4.78 is 1.96. The summed E-state index contributed by atoms with van der Waals surface area (Å²) in [5.74, 6) is 0.490. The molecule has 0 aromatic rings. The first-order valence-corrected chi connectivity index (χ1v) is 4.21. The lowest BCUT2D eigenvalue weighted by Crippen LogP contribution is -2.07. The van der Waals surface area contributed by atoms with Gasteiger partial charge in [0.25, 0.3) is 0 Å². The van der Waals surface area contributed by atoms with Crippen molar-refractivity contribution >= 4 is 22.9 Å². The monoisotopic (exact) mass is 251 g/mol. The third kappa shape index (κ3) is 2.73. The molecular formula is C8H14IN. The van der Waals surface area contributed by atoms with Crippen LogP contribution in [-0.2, 0) is 0 Å². The number of hydrogen-bond acceptors (Lipinski definition) is 1. The zero-order valence-electron chi connectivity index (χ0n) is 6.82. The van der Waals surface area contributed by atoms with Crippen LogP contribution in [0.5, 0.6) is 0 Å². The zero-order valence-corrected chi connectivity index (χ0v) is 8.97. The molecule has 0 N–H and O–H groups in total. The number of nitrogens with zero attached hydrogens (tertiary/aromatic N) is 1. The lowest BCUT2D eigenvalue weighted by molar-refractivity contribution is 0.694. The van der Waals surface area contributed by atoms with Crippen molar-refractivity contribution in [2.24, 2.45) is 5.92 Å². The SMILES string of the molecule is C=C(C(=C)N(C)I)C(C)C. The van der Waals surface area contributed by atoms with Gasteiger partial charge in [0, 0.05) is 12.7 Å². The number of likely N-dealkylation sites (N-methyl/N-ethyl adjacent to an activating group) is 1. The van der Waals surface area contributed by atoms with Gasteiger partial charge in [0.05, 0.1) is 22.9 Å². The minimum atomic E-state index is 0.490. The maximum absolute atomic E-state index is 3.93. The van der Waals surface area contributed by atoms with Crippen molar-refractivity contribution in [1.29, 1.82) is 0 Å². The van der Waals surface area contributed by atoms with Crippen LogP contribution in [0.2, 0.25) is 0 Å². The smallest absolute Gasteiger partial charge is 0.0588 e. The Bertz CT molecular complexity index is 129. The Balaban J connectivity index is 4.10. The van der Waals surface area contributed by atoms with Gasteiger partial charge in [0.1, 0.15) is 0 Å². The van der Waals surface area contributed by atoms with E-state index < -0.39 is 0 Å².